The zero-order valence-corrected chi connectivity index (χ0v) is 19.1. The van der Waals surface area contributed by atoms with Crippen molar-refractivity contribution >= 4 is 17.8 Å². The number of benzene rings is 1. The van der Waals surface area contributed by atoms with Crippen LogP contribution in [0, 0.1) is 5.92 Å². The summed E-state index contributed by atoms with van der Waals surface area (Å²) in [5.74, 6) is -0.793. The van der Waals surface area contributed by atoms with Crippen LogP contribution in [0.1, 0.15) is 38.2 Å². The molecule has 2 aliphatic heterocycles. The molecule has 2 saturated heterocycles. The number of ether oxygens (including phenoxy) is 1. The second-order valence-corrected chi connectivity index (χ2v) is 9.29. The Bertz CT molecular complexity index is 931. The molecule has 8 nitrogen and oxygen atoms in total. The summed E-state index contributed by atoms with van der Waals surface area (Å²) in [5, 5.41) is 2.87. The highest BCUT2D eigenvalue weighted by Gasteiger charge is 2.55. The Morgan fingerprint density at radius 1 is 1.12 bits per heavy atom. The fourth-order valence-corrected chi connectivity index (χ4v) is 5.08. The molecule has 1 saturated carbocycles. The van der Waals surface area contributed by atoms with Crippen molar-refractivity contribution < 1.29 is 32.3 Å². The van der Waals surface area contributed by atoms with Crippen LogP contribution >= 0.6 is 0 Å². The average molecular weight is 483 g/mol. The van der Waals surface area contributed by atoms with Gasteiger partial charge in [0.1, 0.15) is 17.8 Å². The maximum absolute atomic E-state index is 13.1. The van der Waals surface area contributed by atoms with Gasteiger partial charge in [-0.05, 0) is 36.5 Å². The Morgan fingerprint density at radius 2 is 1.79 bits per heavy atom. The van der Waals surface area contributed by atoms with Crippen molar-refractivity contribution in [1.29, 1.82) is 0 Å². The highest BCUT2D eigenvalue weighted by molar-refractivity contribution is 6.09. The molecule has 0 radical (unpaired) electrons. The minimum absolute atomic E-state index is 0.0374. The standard InChI is InChI=1S/C23H29F3N4O4/c1-16-4-2-3-9-22(16)20(32)30(21(33)27-22)15-19(31)29-12-10-28(11-13-29)14-17-5-7-18(8-6-17)34-23(24,25)26/h5-8,16H,2-4,9-15H2,1H3,(H,27,33). The Kier molecular flexibility index (Phi) is 6.75. The highest BCUT2D eigenvalue weighted by Crippen LogP contribution is 2.38. The first-order valence-electron chi connectivity index (χ1n) is 11.6. The molecule has 1 N–H and O–H groups in total. The number of nitrogens with zero attached hydrogens (tertiary/aromatic N) is 3. The molecule has 1 spiro atoms. The summed E-state index contributed by atoms with van der Waals surface area (Å²) in [6.45, 7) is 4.28. The summed E-state index contributed by atoms with van der Waals surface area (Å²) in [7, 11) is 0. The van der Waals surface area contributed by atoms with E-state index < -0.39 is 17.9 Å². The van der Waals surface area contributed by atoms with Crippen molar-refractivity contribution in [2.24, 2.45) is 5.92 Å². The molecule has 3 aliphatic rings. The summed E-state index contributed by atoms with van der Waals surface area (Å²) < 4.78 is 40.8. The second kappa shape index (κ2) is 9.44. The number of halogens is 3. The fourth-order valence-electron chi connectivity index (χ4n) is 5.08. The van der Waals surface area contributed by atoms with Crippen LogP contribution in [-0.4, -0.2) is 77.2 Å². The van der Waals surface area contributed by atoms with Gasteiger partial charge in [0.25, 0.3) is 5.91 Å². The van der Waals surface area contributed by atoms with Crippen molar-refractivity contribution in [2.45, 2.75) is 51.1 Å². The molecule has 4 rings (SSSR count). The predicted molar refractivity (Wildman–Crippen MR) is 116 cm³/mol. The molecule has 2 heterocycles. The van der Waals surface area contributed by atoms with Gasteiger partial charge < -0.3 is 15.0 Å². The number of amides is 4. The Labute approximate surface area is 196 Å². The number of urea groups is 1. The number of imide groups is 1. The van der Waals surface area contributed by atoms with E-state index in [1.165, 1.54) is 12.1 Å². The smallest absolute Gasteiger partial charge is 0.406 e. The monoisotopic (exact) mass is 482 g/mol. The van der Waals surface area contributed by atoms with Gasteiger partial charge in [-0.15, -0.1) is 13.2 Å². The van der Waals surface area contributed by atoms with Crippen LogP contribution in [0.5, 0.6) is 5.75 Å². The van der Waals surface area contributed by atoms with E-state index in [0.29, 0.717) is 39.1 Å². The third-order valence-corrected chi connectivity index (χ3v) is 7.08. The summed E-state index contributed by atoms with van der Waals surface area (Å²) in [6.07, 6.45) is -1.35. The Balaban J connectivity index is 1.27. The molecule has 0 bridgehead atoms. The number of nitrogens with one attached hydrogen (secondary N) is 1. The van der Waals surface area contributed by atoms with Gasteiger partial charge in [-0.1, -0.05) is 31.9 Å². The van der Waals surface area contributed by atoms with Crippen LogP contribution in [0.15, 0.2) is 24.3 Å². The number of hydrogen-bond donors (Lipinski definition) is 1. The zero-order chi connectivity index (χ0) is 24.5. The van der Waals surface area contributed by atoms with Crippen LogP contribution < -0.4 is 10.1 Å². The first-order valence-corrected chi connectivity index (χ1v) is 11.6. The zero-order valence-electron chi connectivity index (χ0n) is 19.1. The molecule has 34 heavy (non-hydrogen) atoms. The van der Waals surface area contributed by atoms with E-state index in [0.717, 1.165) is 29.7 Å². The molecule has 2 unspecified atom stereocenters. The van der Waals surface area contributed by atoms with Crippen LogP contribution in [0.4, 0.5) is 18.0 Å². The lowest BCUT2D eigenvalue weighted by Crippen LogP contribution is -2.54. The molecule has 1 aliphatic carbocycles. The average Bonchev–Trinajstić information content (AvgIpc) is 3.01. The predicted octanol–water partition coefficient (Wildman–Crippen LogP) is 2.73. The number of rotatable bonds is 5. The third-order valence-electron chi connectivity index (χ3n) is 7.08. The van der Waals surface area contributed by atoms with E-state index in [9.17, 15) is 27.6 Å². The van der Waals surface area contributed by atoms with E-state index in [-0.39, 0.29) is 30.0 Å². The van der Waals surface area contributed by atoms with Gasteiger partial charge in [-0.3, -0.25) is 19.4 Å². The van der Waals surface area contributed by atoms with E-state index in [1.807, 2.05) is 6.92 Å². The SMILES string of the molecule is CC1CCCCC12NC(=O)N(CC(=O)N1CCN(Cc3ccc(OC(F)(F)F)cc3)CC1)C2=O. The number of carbonyl (C=O) groups is 3. The quantitative estimate of drug-likeness (QED) is 0.653. The molecular formula is C23H29F3N4O4. The Morgan fingerprint density at radius 3 is 2.41 bits per heavy atom. The number of hydrogen-bond acceptors (Lipinski definition) is 5. The molecule has 186 valence electrons. The van der Waals surface area contributed by atoms with Crippen LogP contribution in [0.2, 0.25) is 0 Å². The van der Waals surface area contributed by atoms with Gasteiger partial charge >= 0.3 is 12.4 Å². The summed E-state index contributed by atoms with van der Waals surface area (Å²) in [6, 6.07) is 5.22. The summed E-state index contributed by atoms with van der Waals surface area (Å²) in [4.78, 5) is 43.2. The van der Waals surface area contributed by atoms with Crippen molar-refractivity contribution in [2.75, 3.05) is 32.7 Å². The van der Waals surface area contributed by atoms with Gasteiger partial charge in [0.15, 0.2) is 0 Å². The first kappa shape index (κ1) is 24.3. The van der Waals surface area contributed by atoms with Crippen LogP contribution in [0.3, 0.4) is 0 Å². The maximum Gasteiger partial charge on any atom is 0.573 e. The van der Waals surface area contributed by atoms with E-state index in [2.05, 4.69) is 15.0 Å². The van der Waals surface area contributed by atoms with Crippen molar-refractivity contribution in [1.82, 2.24) is 20.0 Å². The molecular weight excluding hydrogens is 453 g/mol. The minimum atomic E-state index is -4.72. The molecule has 1 aromatic rings. The van der Waals surface area contributed by atoms with Crippen molar-refractivity contribution in [3.8, 4) is 5.75 Å². The van der Waals surface area contributed by atoms with Crippen LogP contribution in [0.25, 0.3) is 0 Å². The molecule has 3 fully saturated rings. The largest absolute Gasteiger partial charge is 0.573 e. The van der Waals surface area contributed by atoms with Crippen LogP contribution in [-0.2, 0) is 16.1 Å². The van der Waals surface area contributed by atoms with E-state index in [1.54, 1.807) is 17.0 Å². The molecule has 11 heteroatoms. The lowest BCUT2D eigenvalue weighted by atomic mass is 9.73. The minimum Gasteiger partial charge on any atom is -0.406 e. The summed E-state index contributed by atoms with van der Waals surface area (Å²) >= 11 is 0. The second-order valence-electron chi connectivity index (χ2n) is 9.29. The van der Waals surface area contributed by atoms with Gasteiger partial charge in [-0.2, -0.15) is 0 Å². The number of alkyl halides is 3. The van der Waals surface area contributed by atoms with Crippen molar-refractivity contribution in [3.05, 3.63) is 29.8 Å². The number of piperazine rings is 1. The van der Waals surface area contributed by atoms with E-state index in [4.69, 9.17) is 0 Å². The van der Waals surface area contributed by atoms with Gasteiger partial charge in [0, 0.05) is 32.7 Å². The topological polar surface area (TPSA) is 82.2 Å². The lowest BCUT2D eigenvalue weighted by Gasteiger charge is -2.37. The fraction of sp³-hybridized carbons (Fsp3) is 0.609. The lowest BCUT2D eigenvalue weighted by molar-refractivity contribution is -0.274. The molecule has 2 atom stereocenters. The number of carbonyl (C=O) groups excluding carboxylic acids is 3. The third kappa shape index (κ3) is 5.13. The van der Waals surface area contributed by atoms with Gasteiger partial charge in [0.05, 0.1) is 0 Å². The molecule has 4 amide bonds. The van der Waals surface area contributed by atoms with E-state index >= 15 is 0 Å². The normalized spacial score (nSPS) is 26.2. The van der Waals surface area contributed by atoms with Crippen molar-refractivity contribution in [3.63, 3.8) is 0 Å². The summed E-state index contributed by atoms with van der Waals surface area (Å²) in [5.41, 5.74) is -0.0461. The van der Waals surface area contributed by atoms with Gasteiger partial charge in [-0.25, -0.2) is 4.79 Å². The maximum atomic E-state index is 13.1. The molecule has 1 aromatic carbocycles. The van der Waals surface area contributed by atoms with Gasteiger partial charge in [0.2, 0.25) is 5.91 Å². The Hall–Kier alpha value is -2.82. The highest BCUT2D eigenvalue weighted by atomic mass is 19.4. The molecule has 0 aromatic heterocycles. The first-order chi connectivity index (χ1) is 16.1.